The van der Waals surface area contributed by atoms with Crippen molar-refractivity contribution in [2.45, 2.75) is 44.8 Å². The molecule has 0 spiro atoms. The Labute approximate surface area is 165 Å². The normalized spacial score (nSPS) is 25.1. The summed E-state index contributed by atoms with van der Waals surface area (Å²) in [6.45, 7) is 5.07. The Morgan fingerprint density at radius 2 is 2.26 bits per heavy atom. The molecule has 2 amide bonds. The van der Waals surface area contributed by atoms with E-state index in [4.69, 9.17) is 4.74 Å². The molecule has 0 radical (unpaired) electrons. The predicted molar refractivity (Wildman–Crippen MR) is 105 cm³/mol. The van der Waals surface area contributed by atoms with Crippen LogP contribution in [0, 0.1) is 5.92 Å². The summed E-state index contributed by atoms with van der Waals surface area (Å²) < 4.78 is 6.65. The zero-order valence-electron chi connectivity index (χ0n) is 15.4. The summed E-state index contributed by atoms with van der Waals surface area (Å²) in [5.74, 6) is 0.102. The summed E-state index contributed by atoms with van der Waals surface area (Å²) in [6, 6.07) is 5.85. The highest BCUT2D eigenvalue weighted by Crippen LogP contribution is 2.31. The van der Waals surface area contributed by atoms with Crippen molar-refractivity contribution >= 4 is 44.5 Å². The van der Waals surface area contributed by atoms with Gasteiger partial charge in [0, 0.05) is 35.5 Å². The van der Waals surface area contributed by atoms with Crippen LogP contribution in [0.15, 0.2) is 22.7 Å². The minimum atomic E-state index is -0.356. The van der Waals surface area contributed by atoms with Gasteiger partial charge in [0.15, 0.2) is 5.82 Å². The van der Waals surface area contributed by atoms with Crippen molar-refractivity contribution in [2.75, 3.05) is 18.1 Å². The second-order valence-corrected chi connectivity index (χ2v) is 8.86. The molecule has 27 heavy (non-hydrogen) atoms. The number of anilines is 1. The van der Waals surface area contributed by atoms with Crippen molar-refractivity contribution < 1.29 is 14.3 Å². The lowest BCUT2D eigenvalue weighted by Gasteiger charge is -2.36. The largest absolute Gasteiger partial charge is 0.375 e. The van der Waals surface area contributed by atoms with Crippen molar-refractivity contribution in [3.63, 3.8) is 0 Å². The van der Waals surface area contributed by atoms with E-state index in [2.05, 4.69) is 31.4 Å². The van der Waals surface area contributed by atoms with Crippen LogP contribution in [-0.4, -0.2) is 46.8 Å². The summed E-state index contributed by atoms with van der Waals surface area (Å²) in [6.07, 6.45) is 1.80. The predicted octanol–water partition coefficient (Wildman–Crippen LogP) is 2.75. The van der Waals surface area contributed by atoms with E-state index >= 15 is 0 Å². The van der Waals surface area contributed by atoms with Crippen molar-refractivity contribution in [1.82, 2.24) is 15.5 Å². The number of halogens is 1. The summed E-state index contributed by atoms with van der Waals surface area (Å²) in [4.78, 5) is 26.9. The molecular formula is C19H23BrN4O3. The molecule has 0 aliphatic carbocycles. The minimum Gasteiger partial charge on any atom is -0.375 e. The fourth-order valence-corrected chi connectivity index (χ4v) is 4.31. The van der Waals surface area contributed by atoms with E-state index in [9.17, 15) is 9.59 Å². The van der Waals surface area contributed by atoms with E-state index in [1.165, 1.54) is 0 Å². The number of benzene rings is 1. The summed E-state index contributed by atoms with van der Waals surface area (Å²) in [7, 11) is 0. The van der Waals surface area contributed by atoms with E-state index in [-0.39, 0.29) is 35.8 Å². The molecule has 0 saturated carbocycles. The molecule has 2 aliphatic rings. The van der Waals surface area contributed by atoms with Crippen LogP contribution < -0.4 is 10.2 Å². The van der Waals surface area contributed by atoms with Gasteiger partial charge in [0.05, 0.1) is 17.0 Å². The second-order valence-electron chi connectivity index (χ2n) is 7.95. The van der Waals surface area contributed by atoms with Crippen LogP contribution in [0.2, 0.25) is 0 Å². The van der Waals surface area contributed by atoms with Crippen LogP contribution in [0.25, 0.3) is 10.9 Å². The number of carbonyl (C=O) groups excluding carboxylic acids is 2. The Morgan fingerprint density at radius 3 is 3.04 bits per heavy atom. The van der Waals surface area contributed by atoms with Gasteiger partial charge in [-0.05, 0) is 44.9 Å². The smallest absolute Gasteiger partial charge is 0.229 e. The van der Waals surface area contributed by atoms with Crippen molar-refractivity contribution in [2.24, 2.45) is 5.92 Å². The van der Waals surface area contributed by atoms with Gasteiger partial charge in [-0.3, -0.25) is 19.6 Å². The fraction of sp³-hybridized carbons (Fsp3) is 0.526. The molecule has 8 heteroatoms. The van der Waals surface area contributed by atoms with Crippen LogP contribution >= 0.6 is 15.9 Å². The van der Waals surface area contributed by atoms with Gasteiger partial charge in [-0.25, -0.2) is 0 Å². The summed E-state index contributed by atoms with van der Waals surface area (Å²) >= 11 is 3.43. The number of nitrogens with zero attached hydrogens (tertiary/aromatic N) is 2. The van der Waals surface area contributed by atoms with Gasteiger partial charge in [0.2, 0.25) is 11.8 Å². The van der Waals surface area contributed by atoms with Crippen LogP contribution in [0.1, 0.15) is 33.1 Å². The number of nitrogens with one attached hydrogen (secondary N) is 2. The molecule has 2 aliphatic heterocycles. The van der Waals surface area contributed by atoms with Crippen LogP contribution in [0.5, 0.6) is 0 Å². The lowest BCUT2D eigenvalue weighted by Crippen LogP contribution is -2.47. The van der Waals surface area contributed by atoms with Crippen molar-refractivity contribution in [3.05, 3.63) is 22.7 Å². The standard InChI is InChI=1S/C19H23BrN4O3/c1-19(2)9-13(5-6-27-19)21-18(26)11-7-16(25)24(10-11)17-14-4-3-12(20)8-15(14)22-23-17/h3-4,8,11,13H,5-7,9-10H2,1-2H3,(H,21,26)(H,22,23)/t11-,13-/m0/s1. The average molecular weight is 435 g/mol. The topological polar surface area (TPSA) is 87.3 Å². The zero-order valence-corrected chi connectivity index (χ0v) is 17.0. The van der Waals surface area contributed by atoms with E-state index < -0.39 is 0 Å². The quantitative estimate of drug-likeness (QED) is 0.777. The van der Waals surface area contributed by atoms with Gasteiger partial charge >= 0.3 is 0 Å². The number of aromatic nitrogens is 2. The number of hydrogen-bond acceptors (Lipinski definition) is 4. The van der Waals surface area contributed by atoms with Gasteiger partial charge in [0.1, 0.15) is 0 Å². The summed E-state index contributed by atoms with van der Waals surface area (Å²) in [5.41, 5.74) is 0.625. The highest BCUT2D eigenvalue weighted by molar-refractivity contribution is 9.10. The lowest BCUT2D eigenvalue weighted by atomic mass is 9.93. The third-order valence-corrected chi connectivity index (χ3v) is 5.79. The maximum Gasteiger partial charge on any atom is 0.229 e. The minimum absolute atomic E-state index is 0.0591. The van der Waals surface area contributed by atoms with Crippen LogP contribution in [-0.2, 0) is 14.3 Å². The van der Waals surface area contributed by atoms with E-state index in [1.54, 1.807) is 4.90 Å². The van der Waals surface area contributed by atoms with E-state index in [0.717, 1.165) is 28.2 Å². The molecule has 1 aromatic carbocycles. The Balaban J connectivity index is 1.46. The molecule has 0 bridgehead atoms. The zero-order chi connectivity index (χ0) is 19.2. The molecule has 2 N–H and O–H groups in total. The Kier molecular flexibility index (Phi) is 4.71. The van der Waals surface area contributed by atoms with Crippen LogP contribution in [0.4, 0.5) is 5.82 Å². The molecule has 0 unspecified atom stereocenters. The number of H-pyrrole nitrogens is 1. The first-order valence-electron chi connectivity index (χ1n) is 9.21. The highest BCUT2D eigenvalue weighted by Gasteiger charge is 2.38. The molecule has 2 atom stereocenters. The lowest BCUT2D eigenvalue weighted by molar-refractivity contribution is -0.128. The second kappa shape index (κ2) is 6.91. The monoisotopic (exact) mass is 434 g/mol. The SMILES string of the molecule is CC1(C)C[C@@H](NC(=O)[C@H]2CC(=O)N(c3n[nH]c4cc(Br)ccc34)C2)CCO1. The van der Waals surface area contributed by atoms with Crippen molar-refractivity contribution in [3.8, 4) is 0 Å². The van der Waals surface area contributed by atoms with Gasteiger partial charge < -0.3 is 10.1 Å². The van der Waals surface area contributed by atoms with E-state index in [0.29, 0.717) is 19.0 Å². The first kappa shape index (κ1) is 18.4. The van der Waals surface area contributed by atoms with E-state index in [1.807, 2.05) is 32.0 Å². The Bertz CT molecular complexity index is 894. The first-order valence-corrected chi connectivity index (χ1v) is 10.00. The maximum absolute atomic E-state index is 12.7. The van der Waals surface area contributed by atoms with Crippen LogP contribution in [0.3, 0.4) is 0 Å². The molecule has 2 fully saturated rings. The van der Waals surface area contributed by atoms with Gasteiger partial charge in [-0.2, -0.15) is 5.10 Å². The van der Waals surface area contributed by atoms with Gasteiger partial charge in [0.25, 0.3) is 0 Å². The first-order chi connectivity index (χ1) is 12.8. The number of amides is 2. The number of ether oxygens (including phenoxy) is 1. The molecule has 144 valence electrons. The number of aromatic amines is 1. The van der Waals surface area contributed by atoms with Gasteiger partial charge in [-0.1, -0.05) is 15.9 Å². The number of hydrogen-bond donors (Lipinski definition) is 2. The fourth-order valence-electron chi connectivity index (χ4n) is 3.95. The molecule has 7 nitrogen and oxygen atoms in total. The van der Waals surface area contributed by atoms with Gasteiger partial charge in [-0.15, -0.1) is 0 Å². The Morgan fingerprint density at radius 1 is 1.44 bits per heavy atom. The molecule has 1 aromatic heterocycles. The number of rotatable bonds is 3. The van der Waals surface area contributed by atoms with Crippen molar-refractivity contribution in [1.29, 1.82) is 0 Å². The summed E-state index contributed by atoms with van der Waals surface area (Å²) in [5, 5.41) is 11.3. The number of fused-ring (bicyclic) bond motifs is 1. The molecule has 2 saturated heterocycles. The molecule has 3 heterocycles. The average Bonchev–Trinajstić information content (AvgIpc) is 3.16. The molecular weight excluding hydrogens is 412 g/mol. The maximum atomic E-state index is 12.7. The molecule has 2 aromatic rings. The highest BCUT2D eigenvalue weighted by atomic mass is 79.9. The third kappa shape index (κ3) is 3.73. The number of carbonyl (C=O) groups is 2. The third-order valence-electron chi connectivity index (χ3n) is 5.30. The molecule has 4 rings (SSSR count). The Hall–Kier alpha value is -1.93.